The number of carbonyl (C=O) groups is 2. The molecule has 0 aliphatic rings. The van der Waals surface area contributed by atoms with E-state index >= 15 is 0 Å². The normalized spacial score (nSPS) is 12.7. The first-order chi connectivity index (χ1) is 16.7. The molecule has 0 spiro atoms. The Kier molecular flexibility index (Phi) is 7.87. The Labute approximate surface area is 199 Å². The van der Waals surface area contributed by atoms with E-state index in [9.17, 15) is 27.9 Å². The Morgan fingerprint density at radius 1 is 1.23 bits per heavy atom. The highest BCUT2D eigenvalue weighted by Crippen LogP contribution is 2.32. The number of rotatable bonds is 8. The van der Waals surface area contributed by atoms with Crippen LogP contribution in [0, 0.1) is 6.92 Å². The lowest BCUT2D eigenvalue weighted by atomic mass is 10.1. The Hall–Kier alpha value is -4.18. The molecule has 0 aliphatic heterocycles. The molecule has 0 fully saturated rings. The SMILES string of the molecule is C=CC(CO)NC(=O)N(/C=C(\C=O)c1ccnn1-c1ccc(C)cc1)c1cccc(C(F)(F)F)c1. The molecule has 10 heteroatoms. The molecule has 0 saturated heterocycles. The van der Waals surface area contributed by atoms with E-state index < -0.39 is 30.4 Å². The lowest BCUT2D eigenvalue weighted by molar-refractivity contribution is -0.137. The van der Waals surface area contributed by atoms with Gasteiger partial charge in [-0.05, 0) is 43.3 Å². The van der Waals surface area contributed by atoms with Crippen molar-refractivity contribution in [2.24, 2.45) is 0 Å². The summed E-state index contributed by atoms with van der Waals surface area (Å²) >= 11 is 0. The summed E-state index contributed by atoms with van der Waals surface area (Å²) in [6.45, 7) is 4.95. The van der Waals surface area contributed by atoms with E-state index in [1.807, 2.05) is 19.1 Å². The monoisotopic (exact) mass is 484 g/mol. The Bertz CT molecular complexity index is 1230. The third-order valence-corrected chi connectivity index (χ3v) is 5.07. The number of aromatic nitrogens is 2. The fourth-order valence-corrected chi connectivity index (χ4v) is 3.20. The second kappa shape index (κ2) is 10.8. The van der Waals surface area contributed by atoms with Crippen molar-refractivity contribution in [2.45, 2.75) is 19.1 Å². The first-order valence-corrected chi connectivity index (χ1v) is 10.5. The van der Waals surface area contributed by atoms with E-state index in [2.05, 4.69) is 17.0 Å². The number of hydrogen-bond donors (Lipinski definition) is 2. The van der Waals surface area contributed by atoms with Crippen molar-refractivity contribution < 1.29 is 27.9 Å². The van der Waals surface area contributed by atoms with Crippen molar-refractivity contribution >= 4 is 23.6 Å². The number of benzene rings is 2. The number of halogens is 3. The van der Waals surface area contributed by atoms with Crippen LogP contribution in [-0.2, 0) is 11.0 Å². The molecule has 3 aromatic rings. The standard InChI is InChI=1S/C25H23F3N4O3/c1-3-20(16-34)30-24(35)31(22-6-4-5-19(13-22)25(26,27)28)14-18(15-33)23-11-12-29-32(23)21-9-7-17(2)8-10-21/h3-15,20,34H,1,16H2,2H3,(H,30,35)/b18-14+. The van der Waals surface area contributed by atoms with Crippen LogP contribution in [0.1, 0.15) is 16.8 Å². The molecular weight excluding hydrogens is 461 g/mol. The summed E-state index contributed by atoms with van der Waals surface area (Å²) < 4.78 is 41.4. The number of hydrogen-bond acceptors (Lipinski definition) is 4. The second-order valence-electron chi connectivity index (χ2n) is 7.56. The lowest BCUT2D eigenvalue weighted by Gasteiger charge is -2.23. The molecule has 0 saturated carbocycles. The van der Waals surface area contributed by atoms with Crippen LogP contribution in [0.25, 0.3) is 11.3 Å². The van der Waals surface area contributed by atoms with Crippen LogP contribution < -0.4 is 10.2 Å². The molecule has 1 aromatic heterocycles. The molecule has 2 aromatic carbocycles. The predicted octanol–water partition coefficient (Wildman–Crippen LogP) is 4.50. The van der Waals surface area contributed by atoms with E-state index in [0.717, 1.165) is 34.9 Å². The van der Waals surface area contributed by atoms with Crippen molar-refractivity contribution in [3.63, 3.8) is 0 Å². The van der Waals surface area contributed by atoms with Crippen LogP contribution in [0.15, 0.2) is 79.6 Å². The number of anilines is 1. The summed E-state index contributed by atoms with van der Waals surface area (Å²) in [5, 5.41) is 16.1. The fourth-order valence-electron chi connectivity index (χ4n) is 3.20. The molecule has 2 amide bonds. The zero-order chi connectivity index (χ0) is 25.6. The second-order valence-corrected chi connectivity index (χ2v) is 7.56. The molecule has 1 unspecified atom stereocenters. The van der Waals surface area contributed by atoms with Gasteiger partial charge in [0.2, 0.25) is 0 Å². The number of nitrogens with one attached hydrogen (secondary N) is 1. The number of aliphatic hydroxyl groups is 1. The van der Waals surface area contributed by atoms with Gasteiger partial charge in [-0.3, -0.25) is 9.69 Å². The van der Waals surface area contributed by atoms with E-state index in [-0.39, 0.29) is 11.3 Å². The van der Waals surface area contributed by atoms with Gasteiger partial charge in [-0.25, -0.2) is 9.48 Å². The number of amides is 2. The molecule has 2 N–H and O–H groups in total. The first-order valence-electron chi connectivity index (χ1n) is 10.5. The summed E-state index contributed by atoms with van der Waals surface area (Å²) in [6.07, 6.45) is -0.308. The van der Waals surface area contributed by atoms with Crippen LogP contribution in [0.5, 0.6) is 0 Å². The third-order valence-electron chi connectivity index (χ3n) is 5.07. The number of aryl methyl sites for hydroxylation is 1. The van der Waals surface area contributed by atoms with Gasteiger partial charge < -0.3 is 10.4 Å². The average Bonchev–Trinajstić information content (AvgIpc) is 3.33. The number of aldehydes is 1. The Balaban J connectivity index is 2.11. The summed E-state index contributed by atoms with van der Waals surface area (Å²) in [4.78, 5) is 26.0. The molecule has 35 heavy (non-hydrogen) atoms. The molecule has 0 aliphatic carbocycles. The van der Waals surface area contributed by atoms with E-state index in [0.29, 0.717) is 17.7 Å². The number of nitrogens with zero attached hydrogens (tertiary/aromatic N) is 3. The molecule has 182 valence electrons. The minimum atomic E-state index is -4.64. The Morgan fingerprint density at radius 3 is 2.54 bits per heavy atom. The van der Waals surface area contributed by atoms with Crippen LogP contribution in [-0.4, -0.2) is 39.9 Å². The number of aliphatic hydroxyl groups excluding tert-OH is 1. The maximum Gasteiger partial charge on any atom is 0.416 e. The number of urea groups is 1. The number of alkyl halides is 3. The van der Waals surface area contributed by atoms with Gasteiger partial charge in [0.25, 0.3) is 0 Å². The van der Waals surface area contributed by atoms with Crippen molar-refractivity contribution in [1.29, 1.82) is 0 Å². The molecule has 1 atom stereocenters. The van der Waals surface area contributed by atoms with E-state index in [1.165, 1.54) is 23.0 Å². The van der Waals surface area contributed by atoms with E-state index in [4.69, 9.17) is 0 Å². The zero-order valence-corrected chi connectivity index (χ0v) is 18.7. The van der Waals surface area contributed by atoms with Gasteiger partial charge in [0.15, 0.2) is 6.29 Å². The highest BCUT2D eigenvalue weighted by Gasteiger charge is 2.31. The minimum absolute atomic E-state index is 0.0187. The highest BCUT2D eigenvalue weighted by molar-refractivity contribution is 6.09. The minimum Gasteiger partial charge on any atom is -0.394 e. The molecular formula is C25H23F3N4O3. The van der Waals surface area contributed by atoms with Gasteiger partial charge in [-0.1, -0.05) is 29.8 Å². The van der Waals surface area contributed by atoms with Crippen molar-refractivity contribution in [2.75, 3.05) is 11.5 Å². The summed E-state index contributed by atoms with van der Waals surface area (Å²) in [7, 11) is 0. The third kappa shape index (κ3) is 6.04. The van der Waals surface area contributed by atoms with Gasteiger partial charge in [0, 0.05) is 6.20 Å². The molecule has 7 nitrogen and oxygen atoms in total. The van der Waals surface area contributed by atoms with Crippen LogP contribution in [0.4, 0.5) is 23.7 Å². The van der Waals surface area contributed by atoms with Crippen LogP contribution >= 0.6 is 0 Å². The summed E-state index contributed by atoms with van der Waals surface area (Å²) in [5.74, 6) is 0. The maximum atomic E-state index is 13.3. The largest absolute Gasteiger partial charge is 0.416 e. The molecule has 1 heterocycles. The van der Waals surface area contributed by atoms with E-state index in [1.54, 1.807) is 18.2 Å². The smallest absolute Gasteiger partial charge is 0.394 e. The van der Waals surface area contributed by atoms with Gasteiger partial charge in [-0.15, -0.1) is 6.58 Å². The zero-order valence-electron chi connectivity index (χ0n) is 18.7. The lowest BCUT2D eigenvalue weighted by Crippen LogP contribution is -2.43. The maximum absolute atomic E-state index is 13.3. The topological polar surface area (TPSA) is 87.5 Å². The molecule has 3 rings (SSSR count). The average molecular weight is 484 g/mol. The van der Waals surface area contributed by atoms with Crippen LogP contribution in [0.3, 0.4) is 0 Å². The molecule has 0 bridgehead atoms. The van der Waals surface area contributed by atoms with Crippen molar-refractivity contribution in [3.8, 4) is 5.69 Å². The predicted molar refractivity (Wildman–Crippen MR) is 126 cm³/mol. The highest BCUT2D eigenvalue weighted by atomic mass is 19.4. The quantitative estimate of drug-likeness (QED) is 0.280. The Morgan fingerprint density at radius 2 is 1.94 bits per heavy atom. The summed E-state index contributed by atoms with van der Waals surface area (Å²) in [6, 6.07) is 11.2. The van der Waals surface area contributed by atoms with Gasteiger partial charge in [-0.2, -0.15) is 18.3 Å². The van der Waals surface area contributed by atoms with Gasteiger partial charge >= 0.3 is 12.2 Å². The van der Waals surface area contributed by atoms with Crippen molar-refractivity contribution in [3.05, 3.63) is 96.5 Å². The first kappa shape index (κ1) is 25.4. The number of allylic oxidation sites excluding steroid dienone is 1. The van der Waals surface area contributed by atoms with Crippen molar-refractivity contribution in [1.82, 2.24) is 15.1 Å². The fraction of sp³-hybridized carbons (Fsp3) is 0.160. The summed E-state index contributed by atoms with van der Waals surface area (Å²) in [5.41, 5.74) is 0.845. The van der Waals surface area contributed by atoms with Gasteiger partial charge in [0.1, 0.15) is 0 Å². The molecule has 0 radical (unpaired) electrons. The van der Waals surface area contributed by atoms with Crippen LogP contribution in [0.2, 0.25) is 0 Å². The number of carbonyl (C=O) groups excluding carboxylic acids is 2. The van der Waals surface area contributed by atoms with Gasteiger partial charge in [0.05, 0.1) is 47.1 Å².